The summed E-state index contributed by atoms with van der Waals surface area (Å²) in [4.78, 5) is 12.9. The van der Waals surface area contributed by atoms with Crippen molar-refractivity contribution >= 4 is 24.1 Å². The number of ether oxygens (including phenoxy) is 2. The smallest absolute Gasteiger partial charge is 0.254 e. The Hall–Kier alpha value is -3.42. The first-order chi connectivity index (χ1) is 15.4. The predicted octanol–water partition coefficient (Wildman–Crippen LogP) is 4.60. The molecule has 174 valence electrons. The van der Waals surface area contributed by atoms with Crippen molar-refractivity contribution in [3.05, 3.63) is 89.2 Å². The number of nitrogens with two attached hydrogens (primary N) is 1. The molecule has 0 aliphatic carbocycles. The van der Waals surface area contributed by atoms with Crippen LogP contribution in [0.5, 0.6) is 5.75 Å². The van der Waals surface area contributed by atoms with E-state index in [-0.39, 0.29) is 37.0 Å². The van der Waals surface area contributed by atoms with Gasteiger partial charge in [-0.3, -0.25) is 10.2 Å². The topological polar surface area (TPSA) is 97.4 Å². The van der Waals surface area contributed by atoms with E-state index in [0.717, 1.165) is 16.7 Å². The summed E-state index contributed by atoms with van der Waals surface area (Å²) in [5.74, 6) is -0.705. The number of nitrogen functional groups attached to an aromatic ring is 1. The summed E-state index contributed by atoms with van der Waals surface area (Å²) in [7, 11) is 1.45. The minimum atomic E-state index is -1.09. The summed E-state index contributed by atoms with van der Waals surface area (Å²) >= 11 is 0. The molecule has 0 aliphatic heterocycles. The molecule has 3 rings (SSSR count). The molecule has 0 aliphatic rings. The van der Waals surface area contributed by atoms with Crippen molar-refractivity contribution in [2.24, 2.45) is 5.73 Å². The average molecular weight is 472 g/mol. The van der Waals surface area contributed by atoms with Crippen molar-refractivity contribution in [3.8, 4) is 16.9 Å². The van der Waals surface area contributed by atoms with Crippen molar-refractivity contribution in [3.63, 3.8) is 0 Å². The maximum absolute atomic E-state index is 14.6. The van der Waals surface area contributed by atoms with Crippen molar-refractivity contribution in [2.75, 3.05) is 13.7 Å². The quantitative estimate of drug-likeness (QED) is 0.314. The molecule has 1 amide bonds. The zero-order valence-electron chi connectivity index (χ0n) is 18.4. The Kier molecular flexibility index (Phi) is 9.39. The maximum Gasteiger partial charge on any atom is 0.254 e. The van der Waals surface area contributed by atoms with E-state index in [1.54, 1.807) is 19.1 Å². The first-order valence-corrected chi connectivity index (χ1v) is 10.2. The number of amidine groups is 1. The van der Waals surface area contributed by atoms with Gasteiger partial charge in [-0.15, -0.1) is 12.4 Å². The molecule has 0 aromatic heterocycles. The molecule has 3 aromatic carbocycles. The van der Waals surface area contributed by atoms with Gasteiger partial charge in [0.2, 0.25) is 0 Å². The normalized spacial score (nSPS) is 11.2. The molecule has 0 radical (unpaired) electrons. The number of methoxy groups -OCH3 is 1. The van der Waals surface area contributed by atoms with E-state index in [1.165, 1.54) is 19.2 Å². The van der Waals surface area contributed by atoms with Gasteiger partial charge in [-0.25, -0.2) is 4.39 Å². The number of amides is 1. The van der Waals surface area contributed by atoms with Gasteiger partial charge >= 0.3 is 0 Å². The molecule has 8 heteroatoms. The van der Waals surface area contributed by atoms with E-state index >= 15 is 0 Å². The summed E-state index contributed by atoms with van der Waals surface area (Å²) in [5, 5.41) is 10.6. The number of carbonyl (C=O) groups is 1. The Morgan fingerprint density at radius 1 is 1.12 bits per heavy atom. The molecular weight excluding hydrogens is 445 g/mol. The fourth-order valence-corrected chi connectivity index (χ4v) is 3.38. The SMILES string of the molecule is CCOC(C(=O)NCc1ccc(C(=N)N)cc1-c1ccccc1)c1ccc(OC)cc1F.Cl. The monoisotopic (exact) mass is 471 g/mol. The van der Waals surface area contributed by atoms with Crippen LogP contribution < -0.4 is 15.8 Å². The Morgan fingerprint density at radius 2 is 1.85 bits per heavy atom. The summed E-state index contributed by atoms with van der Waals surface area (Å²) in [6, 6.07) is 19.3. The fourth-order valence-electron chi connectivity index (χ4n) is 3.38. The molecule has 1 atom stereocenters. The van der Waals surface area contributed by atoms with Gasteiger partial charge in [0, 0.05) is 30.3 Å². The average Bonchev–Trinajstić information content (AvgIpc) is 2.81. The molecule has 0 heterocycles. The number of benzene rings is 3. The van der Waals surface area contributed by atoms with Gasteiger partial charge < -0.3 is 20.5 Å². The molecule has 0 saturated carbocycles. The third kappa shape index (κ3) is 6.31. The van der Waals surface area contributed by atoms with Crippen LogP contribution in [0.1, 0.15) is 29.7 Å². The molecule has 3 aromatic rings. The van der Waals surface area contributed by atoms with Crippen LogP contribution in [0, 0.1) is 11.2 Å². The Morgan fingerprint density at radius 3 is 2.45 bits per heavy atom. The molecule has 1 unspecified atom stereocenters. The Labute approximate surface area is 198 Å². The number of halogens is 2. The summed E-state index contributed by atoms with van der Waals surface area (Å²) in [6.07, 6.45) is -1.09. The highest BCUT2D eigenvalue weighted by molar-refractivity contribution is 5.96. The number of carbonyl (C=O) groups excluding carboxylic acids is 1. The van der Waals surface area contributed by atoms with Gasteiger partial charge in [-0.2, -0.15) is 0 Å². The molecule has 0 bridgehead atoms. The largest absolute Gasteiger partial charge is 0.497 e. The highest BCUT2D eigenvalue weighted by atomic mass is 35.5. The molecular formula is C25H27ClFN3O3. The summed E-state index contributed by atoms with van der Waals surface area (Å²) < 4.78 is 25.2. The lowest BCUT2D eigenvalue weighted by molar-refractivity contribution is -0.133. The third-order valence-electron chi connectivity index (χ3n) is 5.02. The highest BCUT2D eigenvalue weighted by Crippen LogP contribution is 2.27. The van der Waals surface area contributed by atoms with Crippen molar-refractivity contribution in [1.29, 1.82) is 5.41 Å². The molecule has 0 fully saturated rings. The minimum absolute atomic E-state index is 0. The van der Waals surface area contributed by atoms with E-state index in [9.17, 15) is 9.18 Å². The van der Waals surface area contributed by atoms with Gasteiger partial charge in [-0.1, -0.05) is 42.5 Å². The second kappa shape index (κ2) is 12.0. The lowest BCUT2D eigenvalue weighted by Crippen LogP contribution is -2.31. The van der Waals surface area contributed by atoms with Gasteiger partial charge in [0.25, 0.3) is 5.91 Å². The summed E-state index contributed by atoms with van der Waals surface area (Å²) in [5.41, 5.74) is 9.00. The van der Waals surface area contributed by atoms with Crippen LogP contribution in [-0.4, -0.2) is 25.5 Å². The number of hydrogen-bond acceptors (Lipinski definition) is 4. The van der Waals surface area contributed by atoms with Crippen LogP contribution in [0.3, 0.4) is 0 Å². The third-order valence-corrected chi connectivity index (χ3v) is 5.02. The zero-order chi connectivity index (χ0) is 23.1. The zero-order valence-corrected chi connectivity index (χ0v) is 19.2. The van der Waals surface area contributed by atoms with Gasteiger partial charge in [-0.05, 0) is 41.8 Å². The van der Waals surface area contributed by atoms with Crippen molar-refractivity contribution < 1.29 is 18.7 Å². The number of nitrogens with one attached hydrogen (secondary N) is 2. The van der Waals surface area contributed by atoms with E-state index in [4.69, 9.17) is 20.6 Å². The first-order valence-electron chi connectivity index (χ1n) is 10.2. The number of hydrogen-bond donors (Lipinski definition) is 3. The second-order valence-corrected chi connectivity index (χ2v) is 7.09. The lowest BCUT2D eigenvalue weighted by Gasteiger charge is -2.19. The summed E-state index contributed by atoms with van der Waals surface area (Å²) in [6.45, 7) is 2.18. The van der Waals surface area contributed by atoms with Crippen LogP contribution in [0.15, 0.2) is 66.7 Å². The molecule has 0 saturated heterocycles. The predicted molar refractivity (Wildman–Crippen MR) is 129 cm³/mol. The molecule has 33 heavy (non-hydrogen) atoms. The number of rotatable bonds is 9. The van der Waals surface area contributed by atoms with Crippen LogP contribution in [0.4, 0.5) is 4.39 Å². The Bertz CT molecular complexity index is 1110. The maximum atomic E-state index is 14.6. The van der Waals surface area contributed by atoms with Crippen LogP contribution in [0.2, 0.25) is 0 Å². The standard InChI is InChI=1S/C25H26FN3O3.ClH/c1-3-32-23(20-12-11-19(31-2)14-22(20)26)25(30)29-15-18-10-9-17(24(27)28)13-21(18)16-7-5-4-6-8-16;/h4-14,23H,3,15H2,1-2H3,(H3,27,28)(H,29,30);1H. The molecule has 4 N–H and O–H groups in total. The van der Waals surface area contributed by atoms with E-state index in [0.29, 0.717) is 11.3 Å². The van der Waals surface area contributed by atoms with Crippen LogP contribution in [-0.2, 0) is 16.1 Å². The van der Waals surface area contributed by atoms with Gasteiger partial charge in [0.15, 0.2) is 6.10 Å². The van der Waals surface area contributed by atoms with E-state index in [1.807, 2.05) is 42.5 Å². The second-order valence-electron chi connectivity index (χ2n) is 7.09. The first kappa shape index (κ1) is 25.8. The van der Waals surface area contributed by atoms with Gasteiger partial charge in [0.05, 0.1) is 7.11 Å². The van der Waals surface area contributed by atoms with E-state index in [2.05, 4.69) is 5.32 Å². The molecule has 6 nitrogen and oxygen atoms in total. The lowest BCUT2D eigenvalue weighted by atomic mass is 9.96. The van der Waals surface area contributed by atoms with Crippen LogP contribution in [0.25, 0.3) is 11.1 Å². The van der Waals surface area contributed by atoms with E-state index < -0.39 is 17.8 Å². The Balaban J connectivity index is 0.00000385. The van der Waals surface area contributed by atoms with Gasteiger partial charge in [0.1, 0.15) is 17.4 Å². The van der Waals surface area contributed by atoms with Crippen molar-refractivity contribution in [2.45, 2.75) is 19.6 Å². The van der Waals surface area contributed by atoms with Crippen molar-refractivity contribution in [1.82, 2.24) is 5.32 Å². The highest BCUT2D eigenvalue weighted by Gasteiger charge is 2.24. The minimum Gasteiger partial charge on any atom is -0.497 e. The molecule has 0 spiro atoms. The fraction of sp³-hybridized carbons (Fsp3) is 0.200. The van der Waals surface area contributed by atoms with Crippen LogP contribution >= 0.6 is 12.4 Å².